The molecule has 0 aliphatic carbocycles. The van der Waals surface area contributed by atoms with Crippen molar-refractivity contribution < 1.29 is 18.0 Å². The van der Waals surface area contributed by atoms with Crippen molar-refractivity contribution in [3.05, 3.63) is 93.4 Å². The Labute approximate surface area is 251 Å². The maximum Gasteiger partial charge on any atom is 0.264 e. The van der Waals surface area contributed by atoms with Gasteiger partial charge in [0.25, 0.3) is 10.0 Å². The van der Waals surface area contributed by atoms with Crippen LogP contribution >= 0.6 is 34.8 Å². The first-order chi connectivity index (χ1) is 19.0. The van der Waals surface area contributed by atoms with E-state index in [1.54, 1.807) is 49.4 Å². The third kappa shape index (κ3) is 7.69. The summed E-state index contributed by atoms with van der Waals surface area (Å²) in [5.41, 5.74) is 0.701. The molecule has 0 aromatic heterocycles. The molecule has 40 heavy (non-hydrogen) atoms. The zero-order valence-corrected chi connectivity index (χ0v) is 25.6. The van der Waals surface area contributed by atoms with Crippen molar-refractivity contribution in [2.24, 2.45) is 0 Å². The summed E-state index contributed by atoms with van der Waals surface area (Å²) in [7, 11) is -4.24. The summed E-state index contributed by atoms with van der Waals surface area (Å²) >= 11 is 18.9. The maximum absolute atomic E-state index is 14.1. The molecule has 0 fully saturated rings. The highest BCUT2D eigenvalue weighted by molar-refractivity contribution is 7.92. The molecule has 2 atom stereocenters. The van der Waals surface area contributed by atoms with Crippen LogP contribution in [-0.4, -0.2) is 43.8 Å². The van der Waals surface area contributed by atoms with Gasteiger partial charge in [-0.15, -0.1) is 0 Å². The van der Waals surface area contributed by atoms with Crippen LogP contribution in [-0.2, 0) is 26.2 Å². The molecule has 0 bridgehead atoms. The van der Waals surface area contributed by atoms with Crippen LogP contribution in [0.4, 0.5) is 5.69 Å². The van der Waals surface area contributed by atoms with Crippen molar-refractivity contribution in [2.75, 3.05) is 10.8 Å². The Morgan fingerprint density at radius 3 is 2.12 bits per heavy atom. The summed E-state index contributed by atoms with van der Waals surface area (Å²) in [5.74, 6) is -0.934. The molecule has 0 spiro atoms. The molecule has 7 nitrogen and oxygen atoms in total. The van der Waals surface area contributed by atoms with Crippen LogP contribution in [0.15, 0.2) is 77.7 Å². The van der Waals surface area contributed by atoms with Crippen LogP contribution in [0.2, 0.25) is 15.1 Å². The molecule has 214 valence electrons. The fourth-order valence-corrected chi connectivity index (χ4v) is 6.30. The third-order valence-electron chi connectivity index (χ3n) is 6.47. The largest absolute Gasteiger partial charge is 0.352 e. The molecule has 0 aliphatic rings. The van der Waals surface area contributed by atoms with Gasteiger partial charge in [0.1, 0.15) is 12.6 Å². The summed E-state index contributed by atoms with van der Waals surface area (Å²) in [6.45, 7) is 5.00. The van der Waals surface area contributed by atoms with Crippen molar-refractivity contribution in [1.29, 1.82) is 0 Å². The number of hydrogen-bond donors (Lipinski definition) is 1. The molecule has 0 saturated heterocycles. The number of amides is 2. The molecular weight excluding hydrogens is 593 g/mol. The molecule has 11 heteroatoms. The number of hydrogen-bond acceptors (Lipinski definition) is 4. The summed E-state index contributed by atoms with van der Waals surface area (Å²) < 4.78 is 28.7. The Morgan fingerprint density at radius 1 is 0.875 bits per heavy atom. The zero-order valence-electron chi connectivity index (χ0n) is 22.5. The van der Waals surface area contributed by atoms with Gasteiger partial charge in [0, 0.05) is 22.6 Å². The minimum atomic E-state index is -4.24. The Balaban J connectivity index is 2.09. The zero-order chi connectivity index (χ0) is 29.4. The van der Waals surface area contributed by atoms with Crippen molar-refractivity contribution in [2.45, 2.75) is 57.1 Å². The van der Waals surface area contributed by atoms with E-state index in [1.165, 1.54) is 35.2 Å². The van der Waals surface area contributed by atoms with Crippen LogP contribution in [0.5, 0.6) is 0 Å². The smallest absolute Gasteiger partial charge is 0.264 e. The second kappa shape index (κ2) is 14.2. The summed E-state index contributed by atoms with van der Waals surface area (Å²) in [6.07, 6.45) is 1.00. The van der Waals surface area contributed by atoms with Crippen molar-refractivity contribution in [1.82, 2.24) is 10.2 Å². The predicted molar refractivity (Wildman–Crippen MR) is 161 cm³/mol. The number of carbonyl (C=O) groups excluding carboxylic acids is 2. The van der Waals surface area contributed by atoms with E-state index < -0.39 is 28.5 Å². The first-order valence-electron chi connectivity index (χ1n) is 12.9. The van der Waals surface area contributed by atoms with E-state index in [0.29, 0.717) is 28.5 Å². The number of benzene rings is 3. The minimum Gasteiger partial charge on any atom is -0.352 e. The van der Waals surface area contributed by atoms with E-state index in [2.05, 4.69) is 5.32 Å². The topological polar surface area (TPSA) is 86.8 Å². The van der Waals surface area contributed by atoms with Gasteiger partial charge in [-0.1, -0.05) is 85.0 Å². The van der Waals surface area contributed by atoms with E-state index in [-0.39, 0.29) is 34.1 Å². The van der Waals surface area contributed by atoms with E-state index in [4.69, 9.17) is 34.8 Å². The van der Waals surface area contributed by atoms with Gasteiger partial charge in [-0.25, -0.2) is 8.42 Å². The lowest BCUT2D eigenvalue weighted by atomic mass is 10.1. The first kappa shape index (κ1) is 31.7. The molecule has 0 radical (unpaired) electrons. The average molecular weight is 625 g/mol. The molecule has 3 aromatic carbocycles. The fourth-order valence-electron chi connectivity index (χ4n) is 4.09. The number of carbonyl (C=O) groups is 2. The second-order valence-corrected chi connectivity index (χ2v) is 12.4. The monoisotopic (exact) mass is 623 g/mol. The van der Waals surface area contributed by atoms with E-state index in [1.807, 2.05) is 13.8 Å². The van der Waals surface area contributed by atoms with Gasteiger partial charge >= 0.3 is 0 Å². The number of sulfonamides is 1. The number of nitrogens with zero attached hydrogens (tertiary/aromatic N) is 2. The summed E-state index contributed by atoms with van der Waals surface area (Å²) in [4.78, 5) is 28.8. The lowest BCUT2D eigenvalue weighted by Gasteiger charge is -2.34. The van der Waals surface area contributed by atoms with Gasteiger partial charge in [-0.2, -0.15) is 0 Å². The first-order valence-corrected chi connectivity index (χ1v) is 15.4. The molecule has 3 rings (SSSR count). The molecule has 2 amide bonds. The number of nitrogens with one attached hydrogen (secondary N) is 1. The Morgan fingerprint density at radius 2 is 1.52 bits per heavy atom. The number of rotatable bonds is 12. The highest BCUT2D eigenvalue weighted by Crippen LogP contribution is 2.33. The van der Waals surface area contributed by atoms with Gasteiger partial charge in [0.2, 0.25) is 11.8 Å². The van der Waals surface area contributed by atoms with Crippen molar-refractivity contribution >= 4 is 62.3 Å². The van der Waals surface area contributed by atoms with Gasteiger partial charge in [-0.3, -0.25) is 13.9 Å². The number of anilines is 1. The van der Waals surface area contributed by atoms with Crippen LogP contribution < -0.4 is 9.62 Å². The van der Waals surface area contributed by atoms with Crippen LogP contribution in [0.25, 0.3) is 0 Å². The van der Waals surface area contributed by atoms with Crippen LogP contribution in [0, 0.1) is 0 Å². The molecule has 1 N–H and O–H groups in total. The van der Waals surface area contributed by atoms with Crippen molar-refractivity contribution in [3.8, 4) is 0 Å². The maximum atomic E-state index is 14.1. The van der Waals surface area contributed by atoms with Crippen molar-refractivity contribution in [3.63, 3.8) is 0 Å². The van der Waals surface area contributed by atoms with Gasteiger partial charge in [0.05, 0.1) is 15.6 Å². The van der Waals surface area contributed by atoms with Gasteiger partial charge in [0.15, 0.2) is 0 Å². The molecule has 0 aliphatic heterocycles. The molecule has 0 heterocycles. The minimum absolute atomic E-state index is 0.00147. The number of halogens is 3. The van der Waals surface area contributed by atoms with Gasteiger partial charge < -0.3 is 10.2 Å². The fraction of sp³-hybridized carbons (Fsp3) is 0.310. The normalized spacial score (nSPS) is 12.8. The van der Waals surface area contributed by atoms with E-state index in [0.717, 1.165) is 4.31 Å². The standard InChI is InChI=1S/C29H32Cl3N3O4S/c1-4-20(3)33-29(37)26(5-2)34(18-21-11-9-10-14-24(21)31)28(36)19-35(27-16-15-22(30)17-25(27)32)40(38,39)23-12-7-6-8-13-23/h6-17,20,26H,4-5,18-19H2,1-3H3,(H,33,37)/t20-,26+/m0/s1. The SMILES string of the molecule is CC[C@H](C(=O)N[C@@H](C)CC)N(Cc1ccccc1Cl)C(=O)CN(c1ccc(Cl)cc1Cl)S(=O)(=O)c1ccccc1. The summed E-state index contributed by atoms with van der Waals surface area (Å²) in [5, 5.41) is 3.73. The third-order valence-corrected chi connectivity index (χ3v) is 9.15. The molecule has 0 unspecified atom stereocenters. The van der Waals surface area contributed by atoms with Crippen LogP contribution in [0.1, 0.15) is 39.2 Å². The lowest BCUT2D eigenvalue weighted by Crippen LogP contribution is -2.53. The Bertz CT molecular complexity index is 1440. The highest BCUT2D eigenvalue weighted by atomic mass is 35.5. The van der Waals surface area contributed by atoms with E-state index >= 15 is 0 Å². The molecule has 0 saturated carbocycles. The van der Waals surface area contributed by atoms with Gasteiger partial charge in [-0.05, 0) is 61.7 Å². The second-order valence-electron chi connectivity index (χ2n) is 9.28. The Kier molecular flexibility index (Phi) is 11.3. The molecule has 3 aromatic rings. The van der Waals surface area contributed by atoms with Crippen LogP contribution in [0.3, 0.4) is 0 Å². The molecular formula is C29H32Cl3N3O4S. The quantitative estimate of drug-likeness (QED) is 0.247. The lowest BCUT2D eigenvalue weighted by molar-refractivity contribution is -0.140. The summed E-state index contributed by atoms with van der Waals surface area (Å²) in [6, 6.07) is 18.1. The highest BCUT2D eigenvalue weighted by Gasteiger charge is 2.34. The Hall–Kier alpha value is -2.78. The average Bonchev–Trinajstić information content (AvgIpc) is 2.93. The van der Waals surface area contributed by atoms with E-state index in [9.17, 15) is 18.0 Å². The predicted octanol–water partition coefficient (Wildman–Crippen LogP) is 6.56.